The van der Waals surface area contributed by atoms with Crippen molar-refractivity contribution in [2.45, 2.75) is 43.7 Å². The highest BCUT2D eigenvalue weighted by Gasteiger charge is 2.39. The first-order valence-corrected chi connectivity index (χ1v) is 6.70. The molecule has 2 N–H and O–H groups in total. The Morgan fingerprint density at radius 2 is 2.11 bits per heavy atom. The van der Waals surface area contributed by atoms with Gasteiger partial charge in [-0.2, -0.15) is 0 Å². The van der Waals surface area contributed by atoms with Crippen LogP contribution in [-0.4, -0.2) is 18.8 Å². The van der Waals surface area contributed by atoms with Crippen molar-refractivity contribution >= 4 is 11.6 Å². The van der Waals surface area contributed by atoms with Gasteiger partial charge < -0.3 is 10.5 Å². The van der Waals surface area contributed by atoms with Crippen LogP contribution in [-0.2, 0) is 11.2 Å². The fourth-order valence-corrected chi connectivity index (χ4v) is 3.02. The highest BCUT2D eigenvalue weighted by Crippen LogP contribution is 2.36. The first kappa shape index (κ1) is 13.8. The van der Waals surface area contributed by atoms with E-state index in [4.69, 9.17) is 22.1 Å². The van der Waals surface area contributed by atoms with Gasteiger partial charge in [-0.3, -0.25) is 0 Å². The SMILES string of the molecule is COC1(C(N)Cc2cccc(Cl)c2F)CCCC1. The van der Waals surface area contributed by atoms with E-state index in [9.17, 15) is 4.39 Å². The van der Waals surface area contributed by atoms with Crippen molar-refractivity contribution in [1.29, 1.82) is 0 Å². The summed E-state index contributed by atoms with van der Waals surface area (Å²) in [5, 5.41) is 0.151. The zero-order chi connectivity index (χ0) is 13.2. The van der Waals surface area contributed by atoms with Crippen LogP contribution in [0.15, 0.2) is 18.2 Å². The molecule has 4 heteroatoms. The number of nitrogens with two attached hydrogens (primary N) is 1. The minimum Gasteiger partial charge on any atom is -0.377 e. The van der Waals surface area contributed by atoms with E-state index < -0.39 is 0 Å². The van der Waals surface area contributed by atoms with Crippen molar-refractivity contribution in [2.75, 3.05) is 7.11 Å². The van der Waals surface area contributed by atoms with E-state index >= 15 is 0 Å². The Bertz CT molecular complexity index is 418. The first-order chi connectivity index (χ1) is 8.59. The molecule has 1 aliphatic carbocycles. The Morgan fingerprint density at radius 3 is 2.72 bits per heavy atom. The van der Waals surface area contributed by atoms with Gasteiger partial charge in [0, 0.05) is 13.2 Å². The van der Waals surface area contributed by atoms with Crippen LogP contribution in [0.1, 0.15) is 31.2 Å². The van der Waals surface area contributed by atoms with Gasteiger partial charge in [0.15, 0.2) is 0 Å². The maximum atomic E-state index is 13.8. The van der Waals surface area contributed by atoms with Gasteiger partial charge >= 0.3 is 0 Å². The number of benzene rings is 1. The van der Waals surface area contributed by atoms with E-state index in [0.29, 0.717) is 12.0 Å². The van der Waals surface area contributed by atoms with Gasteiger partial charge in [-0.25, -0.2) is 4.39 Å². The van der Waals surface area contributed by atoms with Crippen LogP contribution in [0, 0.1) is 5.82 Å². The van der Waals surface area contributed by atoms with E-state index in [1.165, 1.54) is 0 Å². The van der Waals surface area contributed by atoms with E-state index in [-0.39, 0.29) is 22.5 Å². The highest BCUT2D eigenvalue weighted by molar-refractivity contribution is 6.30. The summed E-state index contributed by atoms with van der Waals surface area (Å²) >= 11 is 5.78. The molecule has 2 rings (SSSR count). The minimum absolute atomic E-state index is 0.151. The van der Waals surface area contributed by atoms with Crippen LogP contribution in [0.2, 0.25) is 5.02 Å². The number of ether oxygens (including phenoxy) is 1. The minimum atomic E-state index is -0.362. The first-order valence-electron chi connectivity index (χ1n) is 6.33. The molecule has 100 valence electrons. The lowest BCUT2D eigenvalue weighted by Crippen LogP contribution is -2.48. The largest absolute Gasteiger partial charge is 0.377 e. The third-order valence-electron chi connectivity index (χ3n) is 4.00. The lowest BCUT2D eigenvalue weighted by atomic mass is 9.88. The summed E-state index contributed by atoms with van der Waals surface area (Å²) in [6.07, 6.45) is 4.61. The van der Waals surface area contributed by atoms with Gasteiger partial charge in [-0.1, -0.05) is 36.6 Å². The lowest BCUT2D eigenvalue weighted by molar-refractivity contribution is -0.0255. The average Bonchev–Trinajstić information content (AvgIpc) is 2.85. The van der Waals surface area contributed by atoms with Gasteiger partial charge in [0.2, 0.25) is 0 Å². The molecule has 1 saturated carbocycles. The molecule has 0 aromatic heterocycles. The Kier molecular flexibility index (Phi) is 4.25. The van der Waals surface area contributed by atoms with Gasteiger partial charge in [-0.05, 0) is 30.9 Å². The molecule has 1 fully saturated rings. The molecule has 1 aromatic carbocycles. The summed E-state index contributed by atoms with van der Waals surface area (Å²) in [6.45, 7) is 0. The molecule has 0 spiro atoms. The molecule has 18 heavy (non-hydrogen) atoms. The second-order valence-corrected chi connectivity index (χ2v) is 5.41. The van der Waals surface area contributed by atoms with Crippen LogP contribution < -0.4 is 5.73 Å². The van der Waals surface area contributed by atoms with Gasteiger partial charge in [-0.15, -0.1) is 0 Å². The summed E-state index contributed by atoms with van der Waals surface area (Å²) in [5.41, 5.74) is 6.51. The van der Waals surface area contributed by atoms with E-state index in [0.717, 1.165) is 25.7 Å². The average molecular weight is 272 g/mol. The molecule has 0 saturated heterocycles. The fraction of sp³-hybridized carbons (Fsp3) is 0.571. The molecule has 0 aliphatic heterocycles. The molecule has 1 aliphatic rings. The summed E-state index contributed by atoms with van der Waals surface area (Å²) in [4.78, 5) is 0. The van der Waals surface area contributed by atoms with Crippen molar-refractivity contribution in [3.8, 4) is 0 Å². The highest BCUT2D eigenvalue weighted by atomic mass is 35.5. The van der Waals surface area contributed by atoms with Crippen molar-refractivity contribution < 1.29 is 9.13 Å². The predicted molar refractivity (Wildman–Crippen MR) is 71.3 cm³/mol. The Labute approximate surface area is 112 Å². The Morgan fingerprint density at radius 1 is 1.44 bits per heavy atom. The smallest absolute Gasteiger partial charge is 0.145 e. The van der Waals surface area contributed by atoms with Crippen molar-refractivity contribution in [2.24, 2.45) is 5.73 Å². The fourth-order valence-electron chi connectivity index (χ4n) is 2.83. The van der Waals surface area contributed by atoms with E-state index in [1.54, 1.807) is 25.3 Å². The van der Waals surface area contributed by atoms with E-state index in [1.807, 2.05) is 0 Å². The molecule has 0 heterocycles. The summed E-state index contributed by atoms with van der Waals surface area (Å²) in [5.74, 6) is -0.362. The molecular weight excluding hydrogens is 253 g/mol. The quantitative estimate of drug-likeness (QED) is 0.912. The third kappa shape index (κ3) is 2.53. The number of halogens is 2. The van der Waals surface area contributed by atoms with Crippen molar-refractivity contribution in [1.82, 2.24) is 0 Å². The second-order valence-electron chi connectivity index (χ2n) is 5.00. The monoisotopic (exact) mass is 271 g/mol. The van der Waals surface area contributed by atoms with Crippen LogP contribution in [0.3, 0.4) is 0 Å². The van der Waals surface area contributed by atoms with Crippen LogP contribution in [0.25, 0.3) is 0 Å². The Hall–Kier alpha value is -0.640. The number of methoxy groups -OCH3 is 1. The van der Waals surface area contributed by atoms with Gasteiger partial charge in [0.1, 0.15) is 5.82 Å². The van der Waals surface area contributed by atoms with Crippen LogP contribution in [0.5, 0.6) is 0 Å². The van der Waals surface area contributed by atoms with Crippen LogP contribution in [0.4, 0.5) is 4.39 Å². The summed E-state index contributed by atoms with van der Waals surface area (Å²) < 4.78 is 19.5. The summed E-state index contributed by atoms with van der Waals surface area (Å²) in [7, 11) is 1.69. The second kappa shape index (κ2) is 5.55. The normalized spacial score (nSPS) is 20.0. The summed E-state index contributed by atoms with van der Waals surface area (Å²) in [6, 6.07) is 4.84. The Balaban J connectivity index is 2.15. The molecular formula is C14H19ClFNO. The molecule has 1 unspecified atom stereocenters. The molecule has 0 bridgehead atoms. The number of hydrogen-bond acceptors (Lipinski definition) is 2. The lowest BCUT2D eigenvalue weighted by Gasteiger charge is -2.34. The molecule has 0 amide bonds. The molecule has 0 radical (unpaired) electrons. The topological polar surface area (TPSA) is 35.2 Å². The zero-order valence-corrected chi connectivity index (χ0v) is 11.3. The zero-order valence-electron chi connectivity index (χ0n) is 10.6. The third-order valence-corrected chi connectivity index (χ3v) is 4.30. The molecule has 2 nitrogen and oxygen atoms in total. The maximum Gasteiger partial charge on any atom is 0.145 e. The van der Waals surface area contributed by atoms with E-state index in [2.05, 4.69) is 0 Å². The van der Waals surface area contributed by atoms with Crippen molar-refractivity contribution in [3.63, 3.8) is 0 Å². The molecule has 1 atom stereocenters. The number of hydrogen-bond donors (Lipinski definition) is 1. The predicted octanol–water partition coefficient (Wildman–Crippen LogP) is 3.31. The maximum absolute atomic E-state index is 13.8. The van der Waals surface area contributed by atoms with Gasteiger partial charge in [0.05, 0.1) is 10.6 Å². The number of rotatable bonds is 4. The van der Waals surface area contributed by atoms with Crippen LogP contribution >= 0.6 is 11.6 Å². The standard InChI is InChI=1S/C14H19ClFNO/c1-18-14(7-2-3-8-14)12(17)9-10-5-4-6-11(15)13(10)16/h4-6,12H,2-3,7-9,17H2,1H3. The molecule has 1 aromatic rings. The van der Waals surface area contributed by atoms with Gasteiger partial charge in [0.25, 0.3) is 0 Å². The van der Waals surface area contributed by atoms with Crippen molar-refractivity contribution in [3.05, 3.63) is 34.6 Å².